The molecule has 0 saturated carbocycles. The second-order valence-electron chi connectivity index (χ2n) is 5.12. The van der Waals surface area contributed by atoms with Crippen LogP contribution in [0.5, 0.6) is 0 Å². The lowest BCUT2D eigenvalue weighted by atomic mass is 9.93. The zero-order valence-electron chi connectivity index (χ0n) is 12.9. The van der Waals surface area contributed by atoms with E-state index in [1.165, 1.54) is 6.08 Å². The minimum atomic E-state index is -1.01. The Hall–Kier alpha value is -2.22. The monoisotopic (exact) mass is 310 g/mol. The summed E-state index contributed by atoms with van der Waals surface area (Å²) >= 11 is 0. The molecule has 1 saturated heterocycles. The van der Waals surface area contributed by atoms with Gasteiger partial charge in [0.05, 0.1) is 5.54 Å². The van der Waals surface area contributed by atoms with Gasteiger partial charge in [-0.15, -0.1) is 6.58 Å². The first kappa shape index (κ1) is 17.8. The van der Waals surface area contributed by atoms with Crippen LogP contribution in [-0.4, -0.2) is 58.7 Å². The van der Waals surface area contributed by atoms with E-state index in [2.05, 4.69) is 11.9 Å². The Balaban J connectivity index is 2.80. The van der Waals surface area contributed by atoms with E-state index < -0.39 is 35.8 Å². The number of imide groups is 2. The third-order valence-electron chi connectivity index (χ3n) is 3.90. The molecule has 1 fully saturated rings. The second kappa shape index (κ2) is 7.17. The van der Waals surface area contributed by atoms with Crippen molar-refractivity contribution in [2.45, 2.75) is 32.2 Å². The van der Waals surface area contributed by atoms with Crippen molar-refractivity contribution in [2.24, 2.45) is 5.73 Å². The number of carbonyl (C=O) groups excluding carboxylic acids is 4. The van der Waals surface area contributed by atoms with Crippen molar-refractivity contribution in [3.05, 3.63) is 12.7 Å². The fourth-order valence-corrected chi connectivity index (χ4v) is 2.23. The highest BCUT2D eigenvalue weighted by Gasteiger charge is 2.45. The molecule has 3 N–H and O–H groups in total. The van der Waals surface area contributed by atoms with Crippen LogP contribution in [0.1, 0.15) is 26.7 Å². The molecule has 8 nitrogen and oxygen atoms in total. The summed E-state index contributed by atoms with van der Waals surface area (Å²) in [6, 6.07) is -0.809. The molecule has 0 aromatic rings. The van der Waals surface area contributed by atoms with E-state index in [-0.39, 0.29) is 13.1 Å². The number of amides is 5. The molecular formula is C14H22N4O4. The van der Waals surface area contributed by atoms with E-state index in [9.17, 15) is 19.2 Å². The van der Waals surface area contributed by atoms with Gasteiger partial charge in [-0.2, -0.15) is 0 Å². The lowest BCUT2D eigenvalue weighted by Crippen LogP contribution is -2.55. The summed E-state index contributed by atoms with van der Waals surface area (Å²) in [5, 5.41) is 2.75. The third-order valence-corrected chi connectivity index (χ3v) is 3.90. The molecule has 0 atom stereocenters. The zero-order valence-corrected chi connectivity index (χ0v) is 12.9. The van der Waals surface area contributed by atoms with Crippen LogP contribution in [0.15, 0.2) is 12.7 Å². The Bertz CT molecular complexity index is 491. The maximum absolute atomic E-state index is 12.1. The van der Waals surface area contributed by atoms with Gasteiger partial charge in [-0.05, 0) is 12.8 Å². The lowest BCUT2D eigenvalue weighted by Gasteiger charge is -2.31. The molecule has 0 aliphatic carbocycles. The normalized spacial score (nSPS) is 15.5. The predicted molar refractivity (Wildman–Crippen MR) is 79.5 cm³/mol. The third kappa shape index (κ3) is 3.33. The van der Waals surface area contributed by atoms with E-state index >= 15 is 0 Å². The highest BCUT2D eigenvalue weighted by molar-refractivity contribution is 6.45. The molecule has 1 aliphatic heterocycles. The van der Waals surface area contributed by atoms with Crippen LogP contribution in [0, 0.1) is 0 Å². The number of hydrogen-bond acceptors (Lipinski definition) is 5. The molecule has 1 heterocycles. The number of hydrogen-bond donors (Lipinski definition) is 2. The Labute approximate surface area is 129 Å². The predicted octanol–water partition coefficient (Wildman–Crippen LogP) is -0.403. The van der Waals surface area contributed by atoms with Gasteiger partial charge < -0.3 is 11.1 Å². The Morgan fingerprint density at radius 3 is 2.23 bits per heavy atom. The number of nitrogens with zero attached hydrogens (tertiary/aromatic N) is 2. The standard InChI is InChI=1S/C14H22N4O4/c1-4-7-17-11(20)12(21)18(13(17)22)8-10(19)16-14(5-2,6-3)9-15/h4H,1,5-9,15H2,2-3H3,(H,16,19). The van der Waals surface area contributed by atoms with Gasteiger partial charge in [-0.25, -0.2) is 9.69 Å². The number of carbonyl (C=O) groups is 4. The van der Waals surface area contributed by atoms with Crippen molar-refractivity contribution in [3.63, 3.8) is 0 Å². The number of nitrogens with one attached hydrogen (secondary N) is 1. The van der Waals surface area contributed by atoms with Crippen molar-refractivity contribution < 1.29 is 19.2 Å². The molecule has 0 aromatic heterocycles. The lowest BCUT2D eigenvalue weighted by molar-refractivity contribution is -0.144. The topological polar surface area (TPSA) is 113 Å². The van der Waals surface area contributed by atoms with E-state index in [0.29, 0.717) is 17.7 Å². The highest BCUT2D eigenvalue weighted by Crippen LogP contribution is 2.15. The Morgan fingerprint density at radius 1 is 1.23 bits per heavy atom. The molecule has 5 amide bonds. The van der Waals surface area contributed by atoms with Gasteiger partial charge in [0.25, 0.3) is 0 Å². The summed E-state index contributed by atoms with van der Waals surface area (Å²) in [6.07, 6.45) is 2.57. The molecule has 0 spiro atoms. The molecule has 0 bridgehead atoms. The van der Waals surface area contributed by atoms with Crippen LogP contribution < -0.4 is 11.1 Å². The largest absolute Gasteiger partial charge is 0.348 e. The van der Waals surface area contributed by atoms with Crippen LogP contribution in [0.2, 0.25) is 0 Å². The summed E-state index contributed by atoms with van der Waals surface area (Å²) in [5.74, 6) is -2.48. The minimum Gasteiger partial charge on any atom is -0.348 e. The van der Waals surface area contributed by atoms with Crippen LogP contribution in [0.25, 0.3) is 0 Å². The van der Waals surface area contributed by atoms with Gasteiger partial charge in [-0.3, -0.25) is 19.3 Å². The summed E-state index contributed by atoms with van der Waals surface area (Å²) in [4.78, 5) is 48.9. The maximum Gasteiger partial charge on any atom is 0.335 e. The van der Waals surface area contributed by atoms with Crippen molar-refractivity contribution in [1.29, 1.82) is 0 Å². The smallest absolute Gasteiger partial charge is 0.335 e. The van der Waals surface area contributed by atoms with Crippen LogP contribution >= 0.6 is 0 Å². The average Bonchev–Trinajstić information content (AvgIpc) is 2.71. The van der Waals surface area contributed by atoms with E-state index in [4.69, 9.17) is 5.73 Å². The second-order valence-corrected chi connectivity index (χ2v) is 5.12. The molecule has 0 aromatic carbocycles. The minimum absolute atomic E-state index is 0.0712. The molecule has 22 heavy (non-hydrogen) atoms. The fraction of sp³-hybridized carbons (Fsp3) is 0.571. The van der Waals surface area contributed by atoms with E-state index in [1.54, 1.807) is 0 Å². The van der Waals surface area contributed by atoms with Crippen molar-refractivity contribution in [2.75, 3.05) is 19.6 Å². The number of urea groups is 1. The average molecular weight is 310 g/mol. The van der Waals surface area contributed by atoms with Crippen molar-refractivity contribution in [3.8, 4) is 0 Å². The van der Waals surface area contributed by atoms with Gasteiger partial charge in [0.2, 0.25) is 5.91 Å². The van der Waals surface area contributed by atoms with Gasteiger partial charge in [0, 0.05) is 13.1 Å². The number of rotatable bonds is 8. The van der Waals surface area contributed by atoms with Gasteiger partial charge in [0.1, 0.15) is 6.54 Å². The van der Waals surface area contributed by atoms with E-state index in [1.807, 2.05) is 13.8 Å². The van der Waals surface area contributed by atoms with Crippen LogP contribution in [0.3, 0.4) is 0 Å². The summed E-state index contributed by atoms with van der Waals surface area (Å²) in [6.45, 7) is 6.86. The molecule has 1 rings (SSSR count). The summed E-state index contributed by atoms with van der Waals surface area (Å²) in [7, 11) is 0. The van der Waals surface area contributed by atoms with Crippen LogP contribution in [-0.2, 0) is 14.4 Å². The SMILES string of the molecule is C=CCN1C(=O)C(=O)N(CC(=O)NC(CC)(CC)CN)C1=O. The first-order valence-corrected chi connectivity index (χ1v) is 7.15. The quantitative estimate of drug-likeness (QED) is 0.360. The molecule has 0 radical (unpaired) electrons. The molecule has 8 heteroatoms. The summed E-state index contributed by atoms with van der Waals surface area (Å²) in [5.41, 5.74) is 5.11. The number of nitrogens with two attached hydrogens (primary N) is 1. The highest BCUT2D eigenvalue weighted by atomic mass is 16.2. The van der Waals surface area contributed by atoms with Gasteiger partial charge in [-0.1, -0.05) is 19.9 Å². The van der Waals surface area contributed by atoms with Gasteiger partial charge >= 0.3 is 17.8 Å². The van der Waals surface area contributed by atoms with Gasteiger partial charge in [0.15, 0.2) is 0 Å². The summed E-state index contributed by atoms with van der Waals surface area (Å²) < 4.78 is 0. The Morgan fingerprint density at radius 2 is 1.77 bits per heavy atom. The Kier molecular flexibility index (Phi) is 5.81. The van der Waals surface area contributed by atoms with Crippen molar-refractivity contribution >= 4 is 23.8 Å². The molecule has 1 aliphatic rings. The first-order chi connectivity index (χ1) is 10.4. The first-order valence-electron chi connectivity index (χ1n) is 7.15. The molecule has 122 valence electrons. The fourth-order valence-electron chi connectivity index (χ4n) is 2.23. The maximum atomic E-state index is 12.1. The zero-order chi connectivity index (χ0) is 16.9. The molecule has 0 unspecified atom stereocenters. The van der Waals surface area contributed by atoms with Crippen LogP contribution in [0.4, 0.5) is 4.79 Å². The van der Waals surface area contributed by atoms with E-state index in [0.717, 1.165) is 4.90 Å². The molecular weight excluding hydrogens is 288 g/mol. The van der Waals surface area contributed by atoms with Crippen molar-refractivity contribution in [1.82, 2.24) is 15.1 Å².